The highest BCUT2D eigenvalue weighted by Gasteiger charge is 2.50. The smallest absolute Gasteiger partial charge is 0.176 e. The van der Waals surface area contributed by atoms with Crippen LogP contribution >= 0.6 is 0 Å². The molecule has 1 N–H and O–H groups in total. The summed E-state index contributed by atoms with van der Waals surface area (Å²) in [5.74, 6) is 3.73. The molecule has 0 aromatic heterocycles. The van der Waals surface area contributed by atoms with Crippen LogP contribution in [0.5, 0.6) is 5.75 Å². The van der Waals surface area contributed by atoms with Gasteiger partial charge in [0.25, 0.3) is 0 Å². The maximum Gasteiger partial charge on any atom is 0.176 e. The van der Waals surface area contributed by atoms with Gasteiger partial charge in [0.15, 0.2) is 5.78 Å². The fraction of sp³-hybridized carbons (Fsp3) is 0.632. The minimum absolute atomic E-state index is 0. The number of carbonyl (C=O) groups is 1. The topological polar surface area (TPSA) is 38.3 Å². The van der Waals surface area contributed by atoms with Gasteiger partial charge in [0.2, 0.25) is 0 Å². The molecule has 0 heterocycles. The van der Waals surface area contributed by atoms with Crippen LogP contribution in [0.25, 0.3) is 0 Å². The minimum Gasteiger partial charge on any atom is -1.00 e. The summed E-state index contributed by atoms with van der Waals surface area (Å²) in [6.45, 7) is 0.471. The first-order valence-corrected chi connectivity index (χ1v) is 8.58. The number of nitrogens with one attached hydrogen (secondary N) is 1. The molecular formula is C19H25BrNO2-. The van der Waals surface area contributed by atoms with Gasteiger partial charge < -0.3 is 27.0 Å². The maximum absolute atomic E-state index is 12.4. The molecule has 23 heavy (non-hydrogen) atoms. The van der Waals surface area contributed by atoms with Crippen molar-refractivity contribution in [2.45, 2.75) is 44.1 Å². The molecule has 0 saturated heterocycles. The molecule has 0 amide bonds. The number of carbonyl (C=O) groups excluding carboxylic acids is 1. The van der Waals surface area contributed by atoms with E-state index in [0.717, 1.165) is 29.1 Å². The second kappa shape index (κ2) is 6.56. The van der Waals surface area contributed by atoms with E-state index in [4.69, 9.17) is 4.74 Å². The van der Waals surface area contributed by atoms with Crippen molar-refractivity contribution in [3.8, 4) is 5.75 Å². The van der Waals surface area contributed by atoms with E-state index in [9.17, 15) is 4.79 Å². The third-order valence-corrected chi connectivity index (χ3v) is 6.07. The van der Waals surface area contributed by atoms with Crippen molar-refractivity contribution in [3.05, 3.63) is 29.8 Å². The Morgan fingerprint density at radius 3 is 2.09 bits per heavy atom. The van der Waals surface area contributed by atoms with Gasteiger partial charge in [-0.3, -0.25) is 4.79 Å². The molecule has 5 rings (SSSR count). The molecule has 1 aromatic rings. The second-order valence-corrected chi connectivity index (χ2v) is 7.70. The van der Waals surface area contributed by atoms with Gasteiger partial charge in [-0.15, -0.1) is 0 Å². The van der Waals surface area contributed by atoms with E-state index in [-0.39, 0.29) is 28.3 Å². The minimum atomic E-state index is 0. The molecule has 0 atom stereocenters. The summed E-state index contributed by atoms with van der Waals surface area (Å²) in [5.41, 5.74) is 1.04. The fourth-order valence-corrected chi connectivity index (χ4v) is 5.47. The standard InChI is InChI=1S/C19H25NO2.BrH/c1-22-17-4-2-16(3-5-17)18(21)12-20-19-9-13-6-14(10-19)8-15(7-13)11-19;/h2-5,13-15,20H,6-12H2,1H3;1H/p-1. The highest BCUT2D eigenvalue weighted by Crippen LogP contribution is 2.55. The zero-order chi connectivity index (χ0) is 15.2. The molecule has 4 aliphatic carbocycles. The Balaban J connectivity index is 0.00000156. The van der Waals surface area contributed by atoms with Crippen LogP contribution in [0.2, 0.25) is 0 Å². The predicted molar refractivity (Wildman–Crippen MR) is 86.2 cm³/mol. The van der Waals surface area contributed by atoms with Crippen LogP contribution < -0.4 is 27.0 Å². The largest absolute Gasteiger partial charge is 1.00 e. The molecule has 4 saturated carbocycles. The highest BCUT2D eigenvalue weighted by atomic mass is 79.9. The van der Waals surface area contributed by atoms with Gasteiger partial charge in [0.1, 0.15) is 5.75 Å². The molecule has 1 aromatic carbocycles. The van der Waals surface area contributed by atoms with Crippen LogP contribution in [0.1, 0.15) is 48.9 Å². The molecule has 3 nitrogen and oxygen atoms in total. The number of hydrogen-bond acceptors (Lipinski definition) is 3. The first-order valence-electron chi connectivity index (χ1n) is 8.58. The van der Waals surface area contributed by atoms with Crippen molar-refractivity contribution in [1.29, 1.82) is 0 Å². The van der Waals surface area contributed by atoms with Crippen LogP contribution in [-0.4, -0.2) is 25.0 Å². The number of benzene rings is 1. The molecular weight excluding hydrogens is 354 g/mol. The van der Waals surface area contributed by atoms with E-state index in [2.05, 4.69) is 5.32 Å². The number of ether oxygens (including phenoxy) is 1. The first-order chi connectivity index (χ1) is 10.7. The summed E-state index contributed by atoms with van der Waals surface area (Å²) < 4.78 is 5.15. The Kier molecular flexibility index (Phi) is 4.84. The van der Waals surface area contributed by atoms with Crippen molar-refractivity contribution in [2.75, 3.05) is 13.7 Å². The lowest BCUT2D eigenvalue weighted by molar-refractivity contribution is -0.0186. The number of methoxy groups -OCH3 is 1. The van der Waals surface area contributed by atoms with Crippen molar-refractivity contribution in [3.63, 3.8) is 0 Å². The van der Waals surface area contributed by atoms with Crippen LogP contribution in [0.15, 0.2) is 24.3 Å². The Hall–Kier alpha value is -0.870. The van der Waals surface area contributed by atoms with E-state index in [0.29, 0.717) is 6.54 Å². The number of hydrogen-bond donors (Lipinski definition) is 1. The molecule has 0 aliphatic heterocycles. The van der Waals surface area contributed by atoms with Crippen molar-refractivity contribution in [1.82, 2.24) is 5.32 Å². The van der Waals surface area contributed by atoms with Crippen LogP contribution in [0.4, 0.5) is 0 Å². The van der Waals surface area contributed by atoms with Gasteiger partial charge >= 0.3 is 0 Å². The Bertz CT molecular complexity index is 534. The zero-order valence-corrected chi connectivity index (χ0v) is 15.3. The molecule has 0 radical (unpaired) electrons. The first kappa shape index (κ1) is 17.0. The van der Waals surface area contributed by atoms with E-state index < -0.39 is 0 Å². The second-order valence-electron chi connectivity index (χ2n) is 7.70. The van der Waals surface area contributed by atoms with E-state index in [1.54, 1.807) is 7.11 Å². The summed E-state index contributed by atoms with van der Waals surface area (Å²) in [6, 6.07) is 7.45. The number of Topliss-reactive ketones (excluding diaryl/α,β-unsaturated/α-hetero) is 1. The summed E-state index contributed by atoms with van der Waals surface area (Å²) in [4.78, 5) is 12.4. The molecule has 4 heteroatoms. The van der Waals surface area contributed by atoms with Gasteiger partial charge in [-0.1, -0.05) is 0 Å². The average Bonchev–Trinajstić information content (AvgIpc) is 2.51. The summed E-state index contributed by atoms with van der Waals surface area (Å²) >= 11 is 0. The summed E-state index contributed by atoms with van der Waals surface area (Å²) in [7, 11) is 1.64. The lowest BCUT2D eigenvalue weighted by Gasteiger charge is -2.57. The lowest BCUT2D eigenvalue weighted by Crippen LogP contribution is -3.00. The van der Waals surface area contributed by atoms with Gasteiger partial charge in [-0.25, -0.2) is 0 Å². The van der Waals surface area contributed by atoms with E-state index in [1.807, 2.05) is 24.3 Å². The Labute approximate surface area is 148 Å². The highest BCUT2D eigenvalue weighted by molar-refractivity contribution is 5.97. The van der Waals surface area contributed by atoms with Crippen LogP contribution in [0, 0.1) is 17.8 Å². The molecule has 0 unspecified atom stereocenters. The quantitative estimate of drug-likeness (QED) is 0.755. The number of halogens is 1. The predicted octanol–water partition coefficient (Wildman–Crippen LogP) is 0.440. The van der Waals surface area contributed by atoms with E-state index >= 15 is 0 Å². The molecule has 126 valence electrons. The van der Waals surface area contributed by atoms with Gasteiger partial charge in [-0.05, 0) is 80.5 Å². The summed E-state index contributed by atoms with van der Waals surface area (Å²) in [5, 5.41) is 3.67. The number of ketones is 1. The van der Waals surface area contributed by atoms with Crippen LogP contribution in [-0.2, 0) is 0 Å². The van der Waals surface area contributed by atoms with Crippen molar-refractivity contribution >= 4 is 5.78 Å². The Morgan fingerprint density at radius 2 is 1.61 bits per heavy atom. The normalized spacial score (nSPS) is 34.0. The van der Waals surface area contributed by atoms with Gasteiger partial charge in [0, 0.05) is 11.1 Å². The SMILES string of the molecule is COc1ccc(C(=O)CNC23CC4CC(CC(C4)C2)C3)cc1.[Br-]. The van der Waals surface area contributed by atoms with Gasteiger partial charge in [0.05, 0.1) is 13.7 Å². The third-order valence-electron chi connectivity index (χ3n) is 6.07. The van der Waals surface area contributed by atoms with Gasteiger partial charge in [-0.2, -0.15) is 0 Å². The molecule has 4 aliphatic rings. The maximum atomic E-state index is 12.4. The Morgan fingerprint density at radius 1 is 1.09 bits per heavy atom. The molecule has 0 spiro atoms. The van der Waals surface area contributed by atoms with Crippen molar-refractivity contribution in [2.24, 2.45) is 17.8 Å². The molecule has 4 bridgehead atoms. The summed E-state index contributed by atoms with van der Waals surface area (Å²) in [6.07, 6.45) is 8.17. The monoisotopic (exact) mass is 378 g/mol. The lowest BCUT2D eigenvalue weighted by atomic mass is 9.53. The molecule has 4 fully saturated rings. The fourth-order valence-electron chi connectivity index (χ4n) is 5.47. The van der Waals surface area contributed by atoms with Crippen LogP contribution in [0.3, 0.4) is 0 Å². The zero-order valence-electron chi connectivity index (χ0n) is 13.7. The third kappa shape index (κ3) is 3.34. The van der Waals surface area contributed by atoms with Crippen molar-refractivity contribution < 1.29 is 26.5 Å². The number of rotatable bonds is 5. The average molecular weight is 379 g/mol. The van der Waals surface area contributed by atoms with E-state index in [1.165, 1.54) is 38.5 Å².